The fraction of sp³-hybridized carbons (Fsp3) is 0.714. The number of aryl methyl sites for hydroxylation is 1. The van der Waals surface area contributed by atoms with Crippen molar-refractivity contribution in [1.82, 2.24) is 4.90 Å². The molecule has 3 rings (SSSR count). The maximum Gasteiger partial charge on any atom is 0.163 e. The van der Waals surface area contributed by atoms with Gasteiger partial charge in [-0.15, -0.1) is 0 Å². The topological polar surface area (TPSA) is 51.2 Å². The van der Waals surface area contributed by atoms with Crippen LogP contribution in [0.15, 0.2) is 12.1 Å². The zero-order chi connectivity index (χ0) is 18.5. The average molecular weight is 363 g/mol. The third-order valence-corrected chi connectivity index (χ3v) is 5.78. The van der Waals surface area contributed by atoms with Gasteiger partial charge in [-0.25, -0.2) is 0 Å². The van der Waals surface area contributed by atoms with E-state index in [1.54, 1.807) is 14.2 Å². The van der Waals surface area contributed by atoms with Gasteiger partial charge >= 0.3 is 0 Å². The summed E-state index contributed by atoms with van der Waals surface area (Å²) in [6.07, 6.45) is 6.72. The molecule has 0 spiro atoms. The number of ether oxygens (including phenoxy) is 3. The van der Waals surface area contributed by atoms with Gasteiger partial charge in [-0.05, 0) is 49.8 Å². The zero-order valence-corrected chi connectivity index (χ0v) is 16.4. The standard InChI is InChI=1S/C21H33NO4/c1-15-12-16(13-20(24-2)21(15)25-3)9-11-26-19-7-5-4-6-18(19)22-10-8-17(23)14-22/h12-13,17-19,23H,4-11,14H2,1-3H3/t17-,18?,19?/m1/s1. The molecule has 1 saturated carbocycles. The van der Waals surface area contributed by atoms with Gasteiger partial charge in [0, 0.05) is 19.1 Å². The molecule has 1 N–H and O–H groups in total. The summed E-state index contributed by atoms with van der Waals surface area (Å²) in [5, 5.41) is 9.85. The summed E-state index contributed by atoms with van der Waals surface area (Å²) in [6.45, 7) is 4.56. The second-order valence-electron chi connectivity index (χ2n) is 7.60. The Hall–Kier alpha value is -1.30. The minimum Gasteiger partial charge on any atom is -0.493 e. The van der Waals surface area contributed by atoms with Crippen LogP contribution < -0.4 is 9.47 Å². The molecule has 0 aromatic heterocycles. The largest absolute Gasteiger partial charge is 0.493 e. The minimum absolute atomic E-state index is 0.160. The smallest absolute Gasteiger partial charge is 0.163 e. The first-order chi connectivity index (χ1) is 12.6. The Kier molecular flexibility index (Phi) is 6.79. The summed E-state index contributed by atoms with van der Waals surface area (Å²) in [6, 6.07) is 4.66. The van der Waals surface area contributed by atoms with Crippen molar-refractivity contribution in [1.29, 1.82) is 0 Å². The van der Waals surface area contributed by atoms with E-state index in [-0.39, 0.29) is 12.2 Å². The van der Waals surface area contributed by atoms with Gasteiger partial charge in [-0.3, -0.25) is 4.90 Å². The van der Waals surface area contributed by atoms with E-state index in [0.717, 1.165) is 49.4 Å². The lowest BCUT2D eigenvalue weighted by Gasteiger charge is -2.37. The molecule has 1 aliphatic carbocycles. The molecule has 5 nitrogen and oxygen atoms in total. The van der Waals surface area contributed by atoms with E-state index in [4.69, 9.17) is 14.2 Å². The molecule has 1 heterocycles. The second-order valence-corrected chi connectivity index (χ2v) is 7.60. The first-order valence-corrected chi connectivity index (χ1v) is 9.87. The number of aliphatic hydroxyl groups is 1. The Balaban J connectivity index is 1.57. The van der Waals surface area contributed by atoms with Crippen LogP contribution in [0.4, 0.5) is 0 Å². The summed E-state index contributed by atoms with van der Waals surface area (Å²) in [4.78, 5) is 2.44. The van der Waals surface area contributed by atoms with Crippen molar-refractivity contribution in [2.24, 2.45) is 0 Å². The van der Waals surface area contributed by atoms with E-state index in [1.807, 2.05) is 13.0 Å². The lowest BCUT2D eigenvalue weighted by molar-refractivity contribution is -0.0316. The van der Waals surface area contributed by atoms with Crippen LogP contribution in [0.25, 0.3) is 0 Å². The van der Waals surface area contributed by atoms with Gasteiger partial charge in [0.25, 0.3) is 0 Å². The molecule has 0 radical (unpaired) electrons. The van der Waals surface area contributed by atoms with Crippen LogP contribution in [0.5, 0.6) is 11.5 Å². The number of likely N-dealkylation sites (tertiary alicyclic amines) is 1. The van der Waals surface area contributed by atoms with Crippen LogP contribution in [-0.2, 0) is 11.2 Å². The van der Waals surface area contributed by atoms with Crippen molar-refractivity contribution in [3.8, 4) is 11.5 Å². The minimum atomic E-state index is -0.160. The van der Waals surface area contributed by atoms with Gasteiger partial charge in [-0.1, -0.05) is 18.9 Å². The third-order valence-electron chi connectivity index (χ3n) is 5.78. The SMILES string of the molecule is COc1cc(CCOC2CCCCC2N2CC[C@@H](O)C2)cc(C)c1OC. The molecule has 5 heteroatoms. The lowest BCUT2D eigenvalue weighted by atomic mass is 9.91. The number of nitrogens with zero attached hydrogens (tertiary/aromatic N) is 1. The summed E-state index contributed by atoms with van der Waals surface area (Å²) in [5.41, 5.74) is 2.30. The van der Waals surface area contributed by atoms with Crippen LogP contribution in [0.3, 0.4) is 0 Å². The Morgan fingerprint density at radius 1 is 1.12 bits per heavy atom. The van der Waals surface area contributed by atoms with E-state index in [1.165, 1.54) is 24.8 Å². The average Bonchev–Trinajstić information content (AvgIpc) is 3.08. The van der Waals surface area contributed by atoms with Gasteiger partial charge in [-0.2, -0.15) is 0 Å². The number of hydrogen-bond acceptors (Lipinski definition) is 5. The number of hydrogen-bond donors (Lipinski definition) is 1. The van der Waals surface area contributed by atoms with Crippen molar-refractivity contribution in [3.05, 3.63) is 23.3 Å². The van der Waals surface area contributed by atoms with Crippen molar-refractivity contribution in [2.45, 2.75) is 63.7 Å². The summed E-state index contributed by atoms with van der Waals surface area (Å²) in [5.74, 6) is 1.58. The molecule has 0 amide bonds. The Bertz CT molecular complexity index is 592. The number of rotatable bonds is 7. The van der Waals surface area contributed by atoms with Crippen LogP contribution in [0.2, 0.25) is 0 Å². The highest BCUT2D eigenvalue weighted by molar-refractivity contribution is 5.48. The molecule has 2 aliphatic rings. The molecular weight excluding hydrogens is 330 g/mol. The van der Waals surface area contributed by atoms with Crippen molar-refractivity contribution >= 4 is 0 Å². The van der Waals surface area contributed by atoms with E-state index in [2.05, 4.69) is 11.0 Å². The summed E-state index contributed by atoms with van der Waals surface area (Å²) >= 11 is 0. The Morgan fingerprint density at radius 3 is 2.62 bits per heavy atom. The van der Waals surface area contributed by atoms with Gasteiger partial charge in [0.2, 0.25) is 0 Å². The molecule has 0 bridgehead atoms. The first kappa shape index (κ1) is 19.5. The van der Waals surface area contributed by atoms with Gasteiger partial charge in [0.05, 0.1) is 33.0 Å². The van der Waals surface area contributed by atoms with Gasteiger partial charge < -0.3 is 19.3 Å². The molecular formula is C21H33NO4. The number of benzene rings is 1. The third kappa shape index (κ3) is 4.51. The second kappa shape index (κ2) is 9.07. The molecule has 2 unspecified atom stereocenters. The van der Waals surface area contributed by atoms with Crippen molar-refractivity contribution < 1.29 is 19.3 Å². The van der Waals surface area contributed by atoms with Crippen LogP contribution in [0.1, 0.15) is 43.2 Å². The molecule has 2 fully saturated rings. The highest BCUT2D eigenvalue weighted by atomic mass is 16.5. The Labute approximate surface area is 157 Å². The predicted octanol–water partition coefficient (Wildman–Crippen LogP) is 2.95. The van der Waals surface area contributed by atoms with E-state index in [0.29, 0.717) is 12.6 Å². The van der Waals surface area contributed by atoms with Crippen LogP contribution in [-0.4, -0.2) is 62.2 Å². The molecule has 1 aliphatic heterocycles. The van der Waals surface area contributed by atoms with E-state index < -0.39 is 0 Å². The predicted molar refractivity (Wildman–Crippen MR) is 102 cm³/mol. The highest BCUT2D eigenvalue weighted by Gasteiger charge is 2.34. The molecule has 146 valence electrons. The number of methoxy groups -OCH3 is 2. The van der Waals surface area contributed by atoms with E-state index >= 15 is 0 Å². The fourth-order valence-electron chi connectivity index (χ4n) is 4.46. The maximum atomic E-state index is 9.85. The van der Waals surface area contributed by atoms with Crippen molar-refractivity contribution in [2.75, 3.05) is 33.9 Å². The van der Waals surface area contributed by atoms with Crippen molar-refractivity contribution in [3.63, 3.8) is 0 Å². The van der Waals surface area contributed by atoms with Gasteiger partial charge in [0.15, 0.2) is 11.5 Å². The normalized spacial score (nSPS) is 26.8. The number of aliphatic hydroxyl groups excluding tert-OH is 1. The highest BCUT2D eigenvalue weighted by Crippen LogP contribution is 2.32. The summed E-state index contributed by atoms with van der Waals surface area (Å²) < 4.78 is 17.2. The number of β-amino-alcohol motifs (C(OH)–C–C–N with tert-alkyl or cyclic N) is 1. The van der Waals surface area contributed by atoms with E-state index in [9.17, 15) is 5.11 Å². The molecule has 1 aromatic rings. The molecule has 1 saturated heterocycles. The monoisotopic (exact) mass is 363 g/mol. The zero-order valence-electron chi connectivity index (χ0n) is 16.4. The quantitative estimate of drug-likeness (QED) is 0.807. The summed E-state index contributed by atoms with van der Waals surface area (Å²) in [7, 11) is 3.35. The van der Waals surface area contributed by atoms with Crippen LogP contribution >= 0.6 is 0 Å². The van der Waals surface area contributed by atoms with Gasteiger partial charge in [0.1, 0.15) is 0 Å². The lowest BCUT2D eigenvalue weighted by Crippen LogP contribution is -2.46. The molecule has 3 atom stereocenters. The fourth-order valence-corrected chi connectivity index (χ4v) is 4.46. The first-order valence-electron chi connectivity index (χ1n) is 9.87. The molecule has 26 heavy (non-hydrogen) atoms. The molecule has 1 aromatic carbocycles. The van der Waals surface area contributed by atoms with Crippen LogP contribution in [0, 0.1) is 6.92 Å². The maximum absolute atomic E-state index is 9.85. The Morgan fingerprint density at radius 2 is 1.92 bits per heavy atom.